The Kier molecular flexibility index (Phi) is 5.18. The van der Waals surface area contributed by atoms with Crippen LogP contribution in [-0.4, -0.2) is 30.4 Å². The van der Waals surface area contributed by atoms with E-state index in [2.05, 4.69) is 31.3 Å². The molecule has 3 nitrogen and oxygen atoms in total. The molecule has 110 valence electrons. The number of rotatable bonds is 5. The van der Waals surface area contributed by atoms with Gasteiger partial charge < -0.3 is 10.2 Å². The molecule has 1 aromatic rings. The highest BCUT2D eigenvalue weighted by molar-refractivity contribution is 5.82. The molecule has 1 fully saturated rings. The highest BCUT2D eigenvalue weighted by Gasteiger charge is 2.39. The zero-order valence-electron chi connectivity index (χ0n) is 12.7. The molecule has 0 spiro atoms. The number of carbonyl (C=O) groups excluding carboxylic acids is 1. The number of hydrogen-bond donors (Lipinski definition) is 1. The van der Waals surface area contributed by atoms with E-state index in [1.165, 1.54) is 5.56 Å². The molecule has 3 heteroatoms. The first-order valence-corrected chi connectivity index (χ1v) is 7.76. The number of benzene rings is 1. The van der Waals surface area contributed by atoms with Gasteiger partial charge in [-0.1, -0.05) is 37.3 Å². The summed E-state index contributed by atoms with van der Waals surface area (Å²) in [6.45, 7) is 7.66. The summed E-state index contributed by atoms with van der Waals surface area (Å²) >= 11 is 0. The van der Waals surface area contributed by atoms with Crippen molar-refractivity contribution in [2.24, 2.45) is 5.41 Å². The molecule has 0 unspecified atom stereocenters. The van der Waals surface area contributed by atoms with Gasteiger partial charge in [0.05, 0.1) is 5.41 Å². The lowest BCUT2D eigenvalue weighted by molar-refractivity contribution is -0.144. The fraction of sp³-hybridized carbons (Fsp3) is 0.588. The van der Waals surface area contributed by atoms with Gasteiger partial charge in [0.1, 0.15) is 0 Å². The fourth-order valence-corrected chi connectivity index (χ4v) is 3.09. The van der Waals surface area contributed by atoms with Crippen molar-refractivity contribution in [3.05, 3.63) is 35.9 Å². The first-order valence-electron chi connectivity index (χ1n) is 7.76. The van der Waals surface area contributed by atoms with Gasteiger partial charge in [-0.15, -0.1) is 0 Å². The minimum absolute atomic E-state index is 0.143. The summed E-state index contributed by atoms with van der Waals surface area (Å²) in [5.74, 6) is 0.341. The van der Waals surface area contributed by atoms with Gasteiger partial charge in [-0.2, -0.15) is 0 Å². The van der Waals surface area contributed by atoms with Gasteiger partial charge >= 0.3 is 0 Å². The smallest absolute Gasteiger partial charge is 0.229 e. The van der Waals surface area contributed by atoms with E-state index < -0.39 is 0 Å². The molecule has 0 atom stereocenters. The first kappa shape index (κ1) is 15.0. The Morgan fingerprint density at radius 3 is 2.40 bits per heavy atom. The lowest BCUT2D eigenvalue weighted by Crippen LogP contribution is -2.48. The Labute approximate surface area is 122 Å². The third-order valence-electron chi connectivity index (χ3n) is 4.58. The van der Waals surface area contributed by atoms with Crippen LogP contribution < -0.4 is 5.32 Å². The summed E-state index contributed by atoms with van der Waals surface area (Å²) in [4.78, 5) is 15.0. The molecule has 1 aliphatic heterocycles. The molecule has 1 heterocycles. The zero-order valence-corrected chi connectivity index (χ0v) is 12.7. The third-order valence-corrected chi connectivity index (χ3v) is 4.58. The lowest BCUT2D eigenvalue weighted by atomic mass is 9.75. The lowest BCUT2D eigenvalue weighted by Gasteiger charge is -2.39. The molecule has 0 bridgehead atoms. The molecular weight excluding hydrogens is 248 g/mol. The van der Waals surface area contributed by atoms with Crippen LogP contribution in [0, 0.1) is 5.41 Å². The predicted octanol–water partition coefficient (Wildman–Crippen LogP) is 2.81. The fourth-order valence-electron chi connectivity index (χ4n) is 3.09. The quantitative estimate of drug-likeness (QED) is 0.895. The minimum atomic E-state index is -0.143. The monoisotopic (exact) mass is 274 g/mol. The van der Waals surface area contributed by atoms with E-state index in [0.717, 1.165) is 45.4 Å². The highest BCUT2D eigenvalue weighted by atomic mass is 16.2. The van der Waals surface area contributed by atoms with Crippen LogP contribution in [0.5, 0.6) is 0 Å². The standard InChI is InChI=1S/C17H26N2O/c1-3-17(10-12-18-13-11-17)16(20)19(4-2)14-15-8-6-5-7-9-15/h5-9,18H,3-4,10-14H2,1-2H3. The van der Waals surface area contributed by atoms with Gasteiger partial charge in [-0.3, -0.25) is 4.79 Å². The molecule has 0 radical (unpaired) electrons. The van der Waals surface area contributed by atoms with Crippen LogP contribution in [0.15, 0.2) is 30.3 Å². The second-order valence-corrected chi connectivity index (χ2v) is 5.69. The summed E-state index contributed by atoms with van der Waals surface area (Å²) in [5.41, 5.74) is 1.07. The first-order chi connectivity index (χ1) is 9.72. The van der Waals surface area contributed by atoms with Gasteiger partial charge in [0, 0.05) is 13.1 Å². The average molecular weight is 274 g/mol. The van der Waals surface area contributed by atoms with Crippen LogP contribution in [0.2, 0.25) is 0 Å². The van der Waals surface area contributed by atoms with Gasteiger partial charge in [0.2, 0.25) is 5.91 Å². The van der Waals surface area contributed by atoms with Crippen molar-refractivity contribution >= 4 is 5.91 Å². The Balaban J connectivity index is 2.11. The molecule has 0 aromatic heterocycles. The second-order valence-electron chi connectivity index (χ2n) is 5.69. The predicted molar refractivity (Wildman–Crippen MR) is 82.4 cm³/mol. The Bertz CT molecular complexity index is 424. The van der Waals surface area contributed by atoms with Crippen molar-refractivity contribution in [1.82, 2.24) is 10.2 Å². The third kappa shape index (κ3) is 3.21. The van der Waals surface area contributed by atoms with Crippen molar-refractivity contribution < 1.29 is 4.79 Å². The molecule has 1 aromatic carbocycles. The van der Waals surface area contributed by atoms with Gasteiger partial charge in [-0.05, 0) is 44.8 Å². The molecule has 1 aliphatic rings. The van der Waals surface area contributed by atoms with Crippen molar-refractivity contribution in [2.75, 3.05) is 19.6 Å². The second kappa shape index (κ2) is 6.89. The van der Waals surface area contributed by atoms with E-state index in [4.69, 9.17) is 0 Å². The van der Waals surface area contributed by atoms with Gasteiger partial charge in [-0.25, -0.2) is 0 Å². The van der Waals surface area contributed by atoms with Crippen LogP contribution in [0.3, 0.4) is 0 Å². The zero-order chi connectivity index (χ0) is 14.4. The normalized spacial score (nSPS) is 17.7. The number of amides is 1. The van der Waals surface area contributed by atoms with E-state index in [0.29, 0.717) is 5.91 Å². The van der Waals surface area contributed by atoms with Crippen molar-refractivity contribution in [1.29, 1.82) is 0 Å². The topological polar surface area (TPSA) is 32.3 Å². The Morgan fingerprint density at radius 1 is 1.20 bits per heavy atom. The average Bonchev–Trinajstić information content (AvgIpc) is 2.53. The maximum absolute atomic E-state index is 13.0. The minimum Gasteiger partial charge on any atom is -0.338 e. The highest BCUT2D eigenvalue weighted by Crippen LogP contribution is 2.35. The number of nitrogens with one attached hydrogen (secondary N) is 1. The van der Waals surface area contributed by atoms with Gasteiger partial charge in [0.25, 0.3) is 0 Å². The Morgan fingerprint density at radius 2 is 1.85 bits per heavy atom. The van der Waals surface area contributed by atoms with Crippen LogP contribution in [0.1, 0.15) is 38.7 Å². The van der Waals surface area contributed by atoms with E-state index in [-0.39, 0.29) is 5.41 Å². The van der Waals surface area contributed by atoms with E-state index >= 15 is 0 Å². The van der Waals surface area contributed by atoms with Crippen LogP contribution in [0.25, 0.3) is 0 Å². The largest absolute Gasteiger partial charge is 0.338 e. The van der Waals surface area contributed by atoms with Crippen LogP contribution >= 0.6 is 0 Å². The number of hydrogen-bond acceptors (Lipinski definition) is 2. The SMILES string of the molecule is CCN(Cc1ccccc1)C(=O)C1(CC)CCNCC1. The molecule has 20 heavy (non-hydrogen) atoms. The molecule has 1 N–H and O–H groups in total. The summed E-state index contributed by atoms with van der Waals surface area (Å²) < 4.78 is 0. The van der Waals surface area contributed by atoms with E-state index in [9.17, 15) is 4.79 Å². The van der Waals surface area contributed by atoms with Crippen molar-refractivity contribution in [2.45, 2.75) is 39.7 Å². The summed E-state index contributed by atoms with van der Waals surface area (Å²) in [5, 5.41) is 3.36. The van der Waals surface area contributed by atoms with E-state index in [1.54, 1.807) is 0 Å². The summed E-state index contributed by atoms with van der Waals surface area (Å²) in [7, 11) is 0. The number of nitrogens with zero attached hydrogens (tertiary/aromatic N) is 1. The van der Waals surface area contributed by atoms with Crippen LogP contribution in [-0.2, 0) is 11.3 Å². The molecule has 1 saturated heterocycles. The summed E-state index contributed by atoms with van der Waals surface area (Å²) in [6, 6.07) is 10.3. The van der Waals surface area contributed by atoms with Crippen LogP contribution in [0.4, 0.5) is 0 Å². The molecular formula is C17H26N2O. The molecule has 1 amide bonds. The number of carbonyl (C=O) groups is 1. The maximum atomic E-state index is 13.0. The number of piperidine rings is 1. The van der Waals surface area contributed by atoms with Crippen molar-refractivity contribution in [3.8, 4) is 0 Å². The summed E-state index contributed by atoms with van der Waals surface area (Å²) in [6.07, 6.45) is 2.88. The Hall–Kier alpha value is -1.35. The van der Waals surface area contributed by atoms with Gasteiger partial charge in [0.15, 0.2) is 0 Å². The van der Waals surface area contributed by atoms with E-state index in [1.807, 2.05) is 23.1 Å². The molecule has 0 saturated carbocycles. The molecule has 2 rings (SSSR count). The maximum Gasteiger partial charge on any atom is 0.229 e. The van der Waals surface area contributed by atoms with Crippen molar-refractivity contribution in [3.63, 3.8) is 0 Å². The molecule has 0 aliphatic carbocycles.